The molecule has 3 aliphatic rings. The van der Waals surface area contributed by atoms with E-state index >= 15 is 0 Å². The molecule has 48 heavy (non-hydrogen) atoms. The molecular weight excluding hydrogens is 646 g/mol. The van der Waals surface area contributed by atoms with Crippen molar-refractivity contribution in [2.75, 3.05) is 46.8 Å². The molecule has 2 amide bonds. The SMILES string of the molecule is CNC(=O)OCCCC(C)(C)CN(CC(O)[C@H](Cc1ccccc1)NC(=O)OC1COC2OCCC12)S(=O)(=O)c1ccc2c(c1)OCO2. The smallest absolute Gasteiger partial charge is 0.407 e. The number of carbonyl (C=O) groups excluding carboxylic acids is 2. The van der Waals surface area contributed by atoms with Crippen molar-refractivity contribution in [2.24, 2.45) is 11.3 Å². The van der Waals surface area contributed by atoms with Gasteiger partial charge in [0.15, 0.2) is 17.8 Å². The van der Waals surface area contributed by atoms with Crippen LogP contribution in [0.25, 0.3) is 0 Å². The number of amides is 2. The highest BCUT2D eigenvalue weighted by Crippen LogP contribution is 2.36. The van der Waals surface area contributed by atoms with Crippen LogP contribution in [0.4, 0.5) is 9.59 Å². The average Bonchev–Trinajstić information content (AvgIpc) is 3.81. The van der Waals surface area contributed by atoms with Gasteiger partial charge in [0.2, 0.25) is 16.8 Å². The van der Waals surface area contributed by atoms with E-state index < -0.39 is 52.2 Å². The van der Waals surface area contributed by atoms with Crippen LogP contribution in [0.5, 0.6) is 11.5 Å². The Morgan fingerprint density at radius 2 is 1.85 bits per heavy atom. The van der Waals surface area contributed by atoms with Crippen molar-refractivity contribution in [3.8, 4) is 11.5 Å². The fourth-order valence-corrected chi connectivity index (χ4v) is 7.80. The number of nitrogens with one attached hydrogen (secondary N) is 2. The summed E-state index contributed by atoms with van der Waals surface area (Å²) < 4.78 is 62.5. The average molecular weight is 692 g/mol. The molecule has 3 aliphatic heterocycles. The summed E-state index contributed by atoms with van der Waals surface area (Å²) in [6.45, 7) is 4.37. The van der Waals surface area contributed by atoms with Gasteiger partial charge in [-0.2, -0.15) is 4.31 Å². The number of hydrogen-bond acceptors (Lipinski definition) is 11. The number of nitrogens with zero attached hydrogens (tertiary/aromatic N) is 1. The molecule has 2 aromatic rings. The van der Waals surface area contributed by atoms with Gasteiger partial charge >= 0.3 is 12.2 Å². The predicted molar refractivity (Wildman–Crippen MR) is 172 cm³/mol. The van der Waals surface area contributed by atoms with Crippen molar-refractivity contribution < 1.29 is 51.5 Å². The van der Waals surface area contributed by atoms with Crippen molar-refractivity contribution in [1.82, 2.24) is 14.9 Å². The number of aliphatic hydroxyl groups is 1. The van der Waals surface area contributed by atoms with E-state index in [0.717, 1.165) is 5.56 Å². The molecular formula is C33H45N3O11S. The highest BCUT2D eigenvalue weighted by Gasteiger charge is 2.44. The molecule has 3 heterocycles. The maximum Gasteiger partial charge on any atom is 0.407 e. The molecule has 0 aliphatic carbocycles. The van der Waals surface area contributed by atoms with E-state index in [4.69, 9.17) is 28.4 Å². The first-order valence-corrected chi connectivity index (χ1v) is 17.6. The van der Waals surface area contributed by atoms with Gasteiger partial charge in [-0.1, -0.05) is 44.2 Å². The minimum Gasteiger partial charge on any atom is -0.454 e. The lowest BCUT2D eigenvalue weighted by Gasteiger charge is -2.35. The van der Waals surface area contributed by atoms with Crippen LogP contribution in [-0.4, -0.2) is 101 Å². The second-order valence-corrected chi connectivity index (χ2v) is 14.9. The van der Waals surface area contributed by atoms with Crippen molar-refractivity contribution in [1.29, 1.82) is 0 Å². The molecule has 14 nitrogen and oxygen atoms in total. The molecule has 0 bridgehead atoms. The summed E-state index contributed by atoms with van der Waals surface area (Å²) in [4.78, 5) is 24.7. The molecule has 4 unspecified atom stereocenters. The van der Waals surface area contributed by atoms with Gasteiger partial charge in [-0.05, 0) is 48.8 Å². The molecule has 5 atom stereocenters. The van der Waals surface area contributed by atoms with E-state index in [-0.39, 0.29) is 50.3 Å². The molecule has 0 saturated carbocycles. The van der Waals surface area contributed by atoms with E-state index in [1.54, 1.807) is 0 Å². The third-order valence-electron chi connectivity index (χ3n) is 8.72. The standard InChI is InChI=1S/C33H45N3O11S/c1-33(2,13-7-14-43-31(38)34-3)20-36(48(40,41)23-10-11-27-28(17-23)46-21-45-27)18-26(37)25(16-22-8-5-4-6-9-22)35-32(39)47-29-19-44-30-24(29)12-15-42-30/h4-6,8-11,17,24-26,29-30,37H,7,12-16,18-21H2,1-3H3,(H,34,38)(H,35,39)/t24?,25-,26?,29?,30?/m0/s1. The summed E-state index contributed by atoms with van der Waals surface area (Å²) in [5.74, 6) is 0.671. The fourth-order valence-electron chi connectivity index (χ4n) is 6.14. The van der Waals surface area contributed by atoms with Crippen LogP contribution in [0.2, 0.25) is 0 Å². The maximum absolute atomic E-state index is 14.2. The van der Waals surface area contributed by atoms with Gasteiger partial charge in [-0.3, -0.25) is 0 Å². The van der Waals surface area contributed by atoms with Crippen LogP contribution in [0.1, 0.15) is 38.7 Å². The van der Waals surface area contributed by atoms with Gasteiger partial charge < -0.3 is 44.2 Å². The fraction of sp³-hybridized carbons (Fsp3) is 0.576. The molecule has 264 valence electrons. The zero-order valence-electron chi connectivity index (χ0n) is 27.5. The van der Waals surface area contributed by atoms with Gasteiger partial charge in [0, 0.05) is 26.2 Å². The molecule has 2 fully saturated rings. The van der Waals surface area contributed by atoms with Crippen molar-refractivity contribution in [3.05, 3.63) is 54.1 Å². The number of ether oxygens (including phenoxy) is 6. The van der Waals surface area contributed by atoms with Crippen LogP contribution in [-0.2, 0) is 35.4 Å². The Balaban J connectivity index is 1.35. The van der Waals surface area contributed by atoms with Crippen molar-refractivity contribution in [3.63, 3.8) is 0 Å². The Hall–Kier alpha value is -3.63. The Morgan fingerprint density at radius 3 is 2.62 bits per heavy atom. The molecule has 5 rings (SSSR count). The van der Waals surface area contributed by atoms with Crippen molar-refractivity contribution in [2.45, 2.75) is 69.0 Å². The molecule has 0 radical (unpaired) electrons. The summed E-state index contributed by atoms with van der Waals surface area (Å²) in [6.07, 6.45) is -1.59. The van der Waals surface area contributed by atoms with E-state index in [0.29, 0.717) is 37.4 Å². The number of sulfonamides is 1. The summed E-state index contributed by atoms with van der Waals surface area (Å²) >= 11 is 0. The van der Waals surface area contributed by atoms with E-state index in [9.17, 15) is 23.1 Å². The minimum atomic E-state index is -4.19. The largest absolute Gasteiger partial charge is 0.454 e. The number of alkyl carbamates (subject to hydrolysis) is 2. The summed E-state index contributed by atoms with van der Waals surface area (Å²) in [5.41, 5.74) is 0.232. The molecule has 2 aromatic carbocycles. The molecule has 15 heteroatoms. The van der Waals surface area contributed by atoms with Crippen molar-refractivity contribution >= 4 is 22.2 Å². The first kappa shape index (κ1) is 35.7. The molecule has 3 N–H and O–H groups in total. The van der Waals surface area contributed by atoms with E-state index in [2.05, 4.69) is 10.6 Å². The third kappa shape index (κ3) is 9.08. The Kier molecular flexibility index (Phi) is 11.7. The Morgan fingerprint density at radius 1 is 1.08 bits per heavy atom. The van der Waals surface area contributed by atoms with Crippen LogP contribution < -0.4 is 20.1 Å². The monoisotopic (exact) mass is 691 g/mol. The van der Waals surface area contributed by atoms with Crippen LogP contribution >= 0.6 is 0 Å². The Bertz CT molecular complexity index is 1510. The predicted octanol–water partition coefficient (Wildman–Crippen LogP) is 3.03. The van der Waals surface area contributed by atoms with Gasteiger partial charge in [-0.15, -0.1) is 0 Å². The van der Waals surface area contributed by atoms with E-state index in [1.807, 2.05) is 44.2 Å². The number of hydrogen-bond donors (Lipinski definition) is 3. The van der Waals surface area contributed by atoms with E-state index in [1.165, 1.54) is 29.6 Å². The first-order chi connectivity index (χ1) is 22.9. The molecule has 2 saturated heterocycles. The molecule has 0 aromatic heterocycles. The number of benzene rings is 2. The van der Waals surface area contributed by atoms with Crippen LogP contribution in [0, 0.1) is 11.3 Å². The minimum absolute atomic E-state index is 0.0171. The first-order valence-electron chi connectivity index (χ1n) is 16.1. The summed E-state index contributed by atoms with van der Waals surface area (Å²) in [7, 11) is -2.72. The highest BCUT2D eigenvalue weighted by molar-refractivity contribution is 7.89. The zero-order chi connectivity index (χ0) is 34.3. The number of fused-ring (bicyclic) bond motifs is 2. The van der Waals surface area contributed by atoms with Gasteiger partial charge in [0.25, 0.3) is 0 Å². The highest BCUT2D eigenvalue weighted by atomic mass is 32.2. The second kappa shape index (κ2) is 15.7. The zero-order valence-corrected chi connectivity index (χ0v) is 28.3. The van der Waals surface area contributed by atoms with Gasteiger partial charge in [-0.25, -0.2) is 18.0 Å². The quantitative estimate of drug-likeness (QED) is 0.235. The number of rotatable bonds is 15. The Labute approximate surface area is 281 Å². The van der Waals surface area contributed by atoms with Crippen LogP contribution in [0.15, 0.2) is 53.4 Å². The summed E-state index contributed by atoms with van der Waals surface area (Å²) in [6, 6.07) is 12.8. The number of carbonyl (C=O) groups is 2. The lowest BCUT2D eigenvalue weighted by atomic mass is 9.87. The van der Waals surface area contributed by atoms with Gasteiger partial charge in [0.05, 0.1) is 42.8 Å². The van der Waals surface area contributed by atoms with Gasteiger partial charge in [0.1, 0.15) is 6.10 Å². The topological polar surface area (TPSA) is 171 Å². The number of aliphatic hydroxyl groups excluding tert-OH is 1. The second-order valence-electron chi connectivity index (χ2n) is 12.9. The third-order valence-corrected chi connectivity index (χ3v) is 10.5. The molecule has 0 spiro atoms. The maximum atomic E-state index is 14.2. The lowest BCUT2D eigenvalue weighted by Crippen LogP contribution is -2.52. The lowest BCUT2D eigenvalue weighted by molar-refractivity contribution is -0.0907. The normalized spacial score (nSPS) is 21.4. The summed E-state index contributed by atoms with van der Waals surface area (Å²) in [5, 5.41) is 16.9. The van der Waals surface area contributed by atoms with Crippen LogP contribution in [0.3, 0.4) is 0 Å².